The average Bonchev–Trinajstić information content (AvgIpc) is 2.64. The maximum atomic E-state index is 11.8. The normalized spacial score (nSPS) is 10.1. The summed E-state index contributed by atoms with van der Waals surface area (Å²) in [6.45, 7) is 0. The van der Waals surface area contributed by atoms with Gasteiger partial charge in [-0.15, -0.1) is 0 Å². The van der Waals surface area contributed by atoms with Crippen LogP contribution in [0.2, 0.25) is 0 Å². The molecule has 0 aliphatic carbocycles. The van der Waals surface area contributed by atoms with Gasteiger partial charge in [0.25, 0.3) is 5.91 Å². The molecule has 1 aromatic carbocycles. The predicted octanol–water partition coefficient (Wildman–Crippen LogP) is 1.85. The second-order valence-corrected chi connectivity index (χ2v) is 4.41. The molecule has 0 saturated carbocycles. The Morgan fingerprint density at radius 2 is 2.31 bits per heavy atom. The molecule has 2 rings (SSSR count). The van der Waals surface area contributed by atoms with E-state index < -0.39 is 0 Å². The summed E-state index contributed by atoms with van der Waals surface area (Å²) in [6, 6.07) is 7.28. The first-order valence-electron chi connectivity index (χ1n) is 4.52. The molecule has 82 valence electrons. The van der Waals surface area contributed by atoms with E-state index in [9.17, 15) is 4.79 Å². The van der Waals surface area contributed by atoms with Gasteiger partial charge in [0.05, 0.1) is 11.9 Å². The number of amides is 1. The van der Waals surface area contributed by atoms with E-state index in [0.29, 0.717) is 17.1 Å². The molecule has 0 saturated heterocycles. The topological polar surface area (TPSA) is 83.8 Å². The lowest BCUT2D eigenvalue weighted by atomic mass is 10.2. The van der Waals surface area contributed by atoms with Crippen LogP contribution >= 0.6 is 22.6 Å². The summed E-state index contributed by atoms with van der Waals surface area (Å²) >= 11 is 2.15. The van der Waals surface area contributed by atoms with E-state index in [1.807, 2.05) is 12.1 Å². The summed E-state index contributed by atoms with van der Waals surface area (Å²) < 4.78 is 1.00. The van der Waals surface area contributed by atoms with Crippen LogP contribution in [-0.4, -0.2) is 16.1 Å². The molecular weight excluding hydrogens is 319 g/mol. The number of carbonyl (C=O) groups is 1. The number of anilines is 2. The molecule has 0 spiro atoms. The third-order valence-corrected chi connectivity index (χ3v) is 2.66. The van der Waals surface area contributed by atoms with Crippen molar-refractivity contribution in [3.8, 4) is 0 Å². The Balaban J connectivity index is 2.18. The van der Waals surface area contributed by atoms with Crippen LogP contribution in [0.5, 0.6) is 0 Å². The Morgan fingerprint density at radius 1 is 1.50 bits per heavy atom. The predicted molar refractivity (Wildman–Crippen MR) is 70.1 cm³/mol. The Kier molecular flexibility index (Phi) is 3.09. The average molecular weight is 328 g/mol. The summed E-state index contributed by atoms with van der Waals surface area (Å²) in [4.78, 5) is 11.8. The van der Waals surface area contributed by atoms with Crippen molar-refractivity contribution in [3.63, 3.8) is 0 Å². The number of nitrogens with two attached hydrogens (primary N) is 1. The monoisotopic (exact) mass is 328 g/mol. The van der Waals surface area contributed by atoms with Gasteiger partial charge in [0.2, 0.25) is 0 Å². The molecule has 16 heavy (non-hydrogen) atoms. The highest BCUT2D eigenvalue weighted by Gasteiger charge is 2.09. The number of carbonyl (C=O) groups excluding carboxylic acids is 1. The number of nitrogens with zero attached hydrogens (tertiary/aromatic N) is 1. The quantitative estimate of drug-likeness (QED) is 0.736. The molecule has 1 amide bonds. The third-order valence-electron chi connectivity index (χ3n) is 1.99. The molecule has 4 N–H and O–H groups in total. The minimum Gasteiger partial charge on any atom is -0.394 e. The molecule has 0 atom stereocenters. The number of aromatic amines is 1. The molecule has 0 radical (unpaired) electrons. The molecule has 0 unspecified atom stereocenters. The summed E-state index contributed by atoms with van der Waals surface area (Å²) in [7, 11) is 0. The SMILES string of the molecule is Nc1cn[nH]c1NC(=O)c1cccc(I)c1. The van der Waals surface area contributed by atoms with Gasteiger partial charge in [-0.25, -0.2) is 0 Å². The lowest BCUT2D eigenvalue weighted by molar-refractivity contribution is 0.102. The van der Waals surface area contributed by atoms with Crippen molar-refractivity contribution in [1.82, 2.24) is 10.2 Å². The van der Waals surface area contributed by atoms with Gasteiger partial charge in [-0.2, -0.15) is 5.10 Å². The highest BCUT2D eigenvalue weighted by atomic mass is 127. The first-order chi connectivity index (χ1) is 7.66. The second-order valence-electron chi connectivity index (χ2n) is 3.16. The van der Waals surface area contributed by atoms with E-state index in [1.54, 1.807) is 12.1 Å². The maximum absolute atomic E-state index is 11.8. The zero-order valence-corrected chi connectivity index (χ0v) is 10.4. The molecule has 0 aliphatic heterocycles. The van der Waals surface area contributed by atoms with E-state index in [0.717, 1.165) is 3.57 Å². The number of aromatic nitrogens is 2. The minimum absolute atomic E-state index is 0.213. The van der Waals surface area contributed by atoms with Crippen molar-refractivity contribution in [2.45, 2.75) is 0 Å². The van der Waals surface area contributed by atoms with E-state index >= 15 is 0 Å². The molecule has 6 heteroatoms. The van der Waals surface area contributed by atoms with Gasteiger partial charge in [0, 0.05) is 9.13 Å². The Hall–Kier alpha value is -1.57. The number of nitrogen functional groups attached to an aromatic ring is 1. The highest BCUT2D eigenvalue weighted by molar-refractivity contribution is 14.1. The van der Waals surface area contributed by atoms with Gasteiger partial charge in [-0.3, -0.25) is 9.89 Å². The molecule has 1 heterocycles. The van der Waals surface area contributed by atoms with Gasteiger partial charge in [-0.05, 0) is 40.8 Å². The van der Waals surface area contributed by atoms with Gasteiger partial charge in [-0.1, -0.05) is 6.07 Å². The summed E-state index contributed by atoms with van der Waals surface area (Å²) in [6.07, 6.45) is 1.45. The number of nitrogens with one attached hydrogen (secondary N) is 2. The molecule has 0 aliphatic rings. The summed E-state index contributed by atoms with van der Waals surface area (Å²) in [5, 5.41) is 8.98. The fourth-order valence-corrected chi connectivity index (χ4v) is 1.75. The van der Waals surface area contributed by atoms with Crippen molar-refractivity contribution in [2.75, 3.05) is 11.1 Å². The van der Waals surface area contributed by atoms with Crippen LogP contribution in [0.4, 0.5) is 11.5 Å². The van der Waals surface area contributed by atoms with Gasteiger partial charge in [0.15, 0.2) is 5.82 Å². The summed E-state index contributed by atoms with van der Waals surface area (Å²) in [5.41, 5.74) is 6.59. The van der Waals surface area contributed by atoms with Gasteiger partial charge in [0.1, 0.15) is 0 Å². The zero-order valence-electron chi connectivity index (χ0n) is 8.20. The van der Waals surface area contributed by atoms with Crippen LogP contribution in [0.25, 0.3) is 0 Å². The van der Waals surface area contributed by atoms with Crippen molar-refractivity contribution >= 4 is 40.0 Å². The highest BCUT2D eigenvalue weighted by Crippen LogP contribution is 2.14. The van der Waals surface area contributed by atoms with Crippen LogP contribution in [0, 0.1) is 3.57 Å². The molecule has 2 aromatic rings. The lowest BCUT2D eigenvalue weighted by Crippen LogP contribution is -2.13. The fraction of sp³-hybridized carbons (Fsp3) is 0. The maximum Gasteiger partial charge on any atom is 0.256 e. The molecular formula is C10H9IN4O. The van der Waals surface area contributed by atoms with Crippen molar-refractivity contribution in [2.24, 2.45) is 0 Å². The summed E-state index contributed by atoms with van der Waals surface area (Å²) in [5.74, 6) is 0.207. The second kappa shape index (κ2) is 4.52. The van der Waals surface area contributed by atoms with Gasteiger partial charge < -0.3 is 11.1 Å². The van der Waals surface area contributed by atoms with E-state index in [4.69, 9.17) is 5.73 Å². The number of hydrogen-bond acceptors (Lipinski definition) is 3. The Labute approximate surface area is 106 Å². The number of halogens is 1. The van der Waals surface area contributed by atoms with Crippen molar-refractivity contribution in [3.05, 3.63) is 39.6 Å². The molecule has 0 bridgehead atoms. The fourth-order valence-electron chi connectivity index (χ4n) is 1.21. The Morgan fingerprint density at radius 3 is 2.94 bits per heavy atom. The molecule has 5 nitrogen and oxygen atoms in total. The largest absolute Gasteiger partial charge is 0.394 e. The van der Waals surface area contributed by atoms with Crippen molar-refractivity contribution < 1.29 is 4.79 Å². The van der Waals surface area contributed by atoms with E-state index in [2.05, 4.69) is 38.1 Å². The van der Waals surface area contributed by atoms with Crippen molar-refractivity contribution in [1.29, 1.82) is 0 Å². The lowest BCUT2D eigenvalue weighted by Gasteiger charge is -2.03. The smallest absolute Gasteiger partial charge is 0.256 e. The van der Waals surface area contributed by atoms with E-state index in [1.165, 1.54) is 6.20 Å². The standard InChI is InChI=1S/C10H9IN4O/c11-7-3-1-2-6(4-7)10(16)14-9-8(12)5-13-15-9/h1-5H,12H2,(H2,13,14,15,16). The number of H-pyrrole nitrogens is 1. The molecule has 1 aromatic heterocycles. The minimum atomic E-state index is -0.213. The first kappa shape index (κ1) is 10.9. The number of rotatable bonds is 2. The molecule has 0 fully saturated rings. The number of hydrogen-bond donors (Lipinski definition) is 3. The van der Waals surface area contributed by atoms with Gasteiger partial charge >= 0.3 is 0 Å². The zero-order chi connectivity index (χ0) is 11.5. The first-order valence-corrected chi connectivity index (χ1v) is 5.60. The van der Waals surface area contributed by atoms with Crippen LogP contribution in [0.1, 0.15) is 10.4 Å². The van der Waals surface area contributed by atoms with Crippen LogP contribution in [-0.2, 0) is 0 Å². The van der Waals surface area contributed by atoms with Crippen LogP contribution < -0.4 is 11.1 Å². The van der Waals surface area contributed by atoms with E-state index in [-0.39, 0.29) is 5.91 Å². The van der Waals surface area contributed by atoms with Crippen LogP contribution in [0.3, 0.4) is 0 Å². The Bertz CT molecular complexity index is 523. The number of benzene rings is 1. The van der Waals surface area contributed by atoms with Crippen LogP contribution in [0.15, 0.2) is 30.5 Å². The third kappa shape index (κ3) is 2.32.